The third kappa shape index (κ3) is 5.92. The molecule has 0 radical (unpaired) electrons. The molecule has 0 bridgehead atoms. The summed E-state index contributed by atoms with van der Waals surface area (Å²) >= 11 is 0. The molecule has 1 aliphatic heterocycles. The number of ketones is 1. The van der Waals surface area contributed by atoms with E-state index in [-0.39, 0.29) is 5.41 Å². The van der Waals surface area contributed by atoms with Crippen molar-refractivity contribution in [3.8, 4) is 11.8 Å². The average molecular weight is 221 g/mol. The first-order chi connectivity index (χ1) is 7.47. The van der Waals surface area contributed by atoms with E-state index in [1.165, 1.54) is 12.8 Å². The van der Waals surface area contributed by atoms with Crippen molar-refractivity contribution in [1.29, 1.82) is 0 Å². The molecule has 0 N–H and O–H groups in total. The molecule has 1 rings (SSSR count). The number of carbonyl (C=O) groups excluding carboxylic acids is 1. The number of hydrogen-bond acceptors (Lipinski definition) is 2. The van der Waals surface area contributed by atoms with Crippen LogP contribution in [-0.2, 0) is 4.79 Å². The Morgan fingerprint density at radius 1 is 1.25 bits per heavy atom. The molecule has 2 heteroatoms. The van der Waals surface area contributed by atoms with Crippen LogP contribution >= 0.6 is 0 Å². The van der Waals surface area contributed by atoms with Gasteiger partial charge >= 0.3 is 0 Å². The zero-order valence-electron chi connectivity index (χ0n) is 10.8. The number of carbonyl (C=O) groups is 1. The smallest absolute Gasteiger partial charge is 0.147 e. The van der Waals surface area contributed by atoms with Crippen molar-refractivity contribution in [2.45, 2.75) is 46.5 Å². The minimum absolute atomic E-state index is 0.0536. The zero-order valence-corrected chi connectivity index (χ0v) is 10.8. The van der Waals surface area contributed by atoms with Gasteiger partial charge in [0.15, 0.2) is 0 Å². The first-order valence-corrected chi connectivity index (χ1v) is 6.21. The molecule has 0 unspecified atom stereocenters. The Hall–Kier alpha value is -0.810. The number of nitrogens with zero attached hydrogens (tertiary/aromatic N) is 1. The largest absolute Gasteiger partial charge is 0.298 e. The van der Waals surface area contributed by atoms with Crippen LogP contribution in [0, 0.1) is 17.3 Å². The second-order valence-electron chi connectivity index (χ2n) is 5.57. The molecule has 0 atom stereocenters. The van der Waals surface area contributed by atoms with Crippen molar-refractivity contribution >= 4 is 5.78 Å². The van der Waals surface area contributed by atoms with E-state index in [2.05, 4.69) is 37.5 Å². The molecule has 1 aliphatic rings. The van der Waals surface area contributed by atoms with Crippen LogP contribution in [0.25, 0.3) is 0 Å². The third-order valence-electron chi connectivity index (χ3n) is 2.59. The summed E-state index contributed by atoms with van der Waals surface area (Å²) in [7, 11) is 0. The maximum atomic E-state index is 11.6. The summed E-state index contributed by atoms with van der Waals surface area (Å²) in [6.07, 6.45) is 3.82. The minimum Gasteiger partial charge on any atom is -0.298 e. The summed E-state index contributed by atoms with van der Waals surface area (Å²) in [5.41, 5.74) is 0.0536. The van der Waals surface area contributed by atoms with E-state index in [4.69, 9.17) is 0 Å². The van der Waals surface area contributed by atoms with Gasteiger partial charge in [-0.05, 0) is 46.7 Å². The zero-order chi connectivity index (χ0) is 12.0. The SMILES string of the molecule is CC(C)(C)C#CCCC(=O)CN1CCCC1. The van der Waals surface area contributed by atoms with Gasteiger partial charge in [-0.25, -0.2) is 0 Å². The lowest BCUT2D eigenvalue weighted by Gasteiger charge is -2.12. The molecule has 90 valence electrons. The van der Waals surface area contributed by atoms with Crippen molar-refractivity contribution in [2.75, 3.05) is 19.6 Å². The Balaban J connectivity index is 2.16. The average Bonchev–Trinajstić information content (AvgIpc) is 2.63. The van der Waals surface area contributed by atoms with E-state index in [0.29, 0.717) is 25.2 Å². The van der Waals surface area contributed by atoms with Crippen molar-refractivity contribution < 1.29 is 4.79 Å². The summed E-state index contributed by atoms with van der Waals surface area (Å²) in [6.45, 7) is 9.10. The van der Waals surface area contributed by atoms with Gasteiger partial charge in [0.25, 0.3) is 0 Å². The Morgan fingerprint density at radius 3 is 2.44 bits per heavy atom. The van der Waals surface area contributed by atoms with Gasteiger partial charge in [0.2, 0.25) is 0 Å². The molecule has 0 aromatic rings. The van der Waals surface area contributed by atoms with E-state index in [1.54, 1.807) is 0 Å². The highest BCUT2D eigenvalue weighted by Crippen LogP contribution is 2.10. The standard InChI is InChI=1S/C14H23NO/c1-14(2,3)9-5-4-8-13(16)12-15-10-6-7-11-15/h4,6-8,10-12H2,1-3H3. The highest BCUT2D eigenvalue weighted by Gasteiger charge is 2.14. The fourth-order valence-electron chi connectivity index (χ4n) is 1.80. The molecule has 0 spiro atoms. The summed E-state index contributed by atoms with van der Waals surface area (Å²) in [6, 6.07) is 0. The minimum atomic E-state index is 0.0536. The molecule has 2 nitrogen and oxygen atoms in total. The molecule has 16 heavy (non-hydrogen) atoms. The maximum absolute atomic E-state index is 11.6. The van der Waals surface area contributed by atoms with E-state index in [1.807, 2.05) is 0 Å². The van der Waals surface area contributed by atoms with Crippen LogP contribution in [0.5, 0.6) is 0 Å². The molecule has 1 fully saturated rings. The second-order valence-corrected chi connectivity index (χ2v) is 5.57. The highest BCUT2D eigenvalue weighted by molar-refractivity contribution is 5.80. The quantitative estimate of drug-likeness (QED) is 0.680. The fraction of sp³-hybridized carbons (Fsp3) is 0.786. The number of hydrogen-bond donors (Lipinski definition) is 0. The highest BCUT2D eigenvalue weighted by atomic mass is 16.1. The molecule has 0 aromatic carbocycles. The van der Waals surface area contributed by atoms with Gasteiger partial charge in [0, 0.05) is 18.3 Å². The van der Waals surface area contributed by atoms with Crippen molar-refractivity contribution in [3.63, 3.8) is 0 Å². The first kappa shape index (κ1) is 13.3. The molecule has 0 aromatic heterocycles. The van der Waals surface area contributed by atoms with Gasteiger partial charge in [-0.15, -0.1) is 5.92 Å². The molecular weight excluding hydrogens is 198 g/mol. The summed E-state index contributed by atoms with van der Waals surface area (Å²) in [5.74, 6) is 6.58. The Labute approximate surface area is 99.4 Å². The Kier molecular flexibility index (Phi) is 5.02. The van der Waals surface area contributed by atoms with Crippen LogP contribution in [0.15, 0.2) is 0 Å². The van der Waals surface area contributed by atoms with Gasteiger partial charge < -0.3 is 0 Å². The van der Waals surface area contributed by atoms with Crippen LogP contribution in [0.2, 0.25) is 0 Å². The van der Waals surface area contributed by atoms with E-state index in [9.17, 15) is 4.79 Å². The van der Waals surface area contributed by atoms with Crippen molar-refractivity contribution in [2.24, 2.45) is 5.41 Å². The predicted octanol–water partition coefficient (Wildman–Crippen LogP) is 2.48. The topological polar surface area (TPSA) is 20.3 Å². The lowest BCUT2D eigenvalue weighted by atomic mass is 9.98. The maximum Gasteiger partial charge on any atom is 0.147 e. The normalized spacial score (nSPS) is 16.9. The van der Waals surface area contributed by atoms with Crippen molar-refractivity contribution in [3.05, 3.63) is 0 Å². The van der Waals surface area contributed by atoms with Gasteiger partial charge in [-0.3, -0.25) is 9.69 Å². The van der Waals surface area contributed by atoms with Gasteiger partial charge in [-0.1, -0.05) is 5.92 Å². The molecule has 0 amide bonds. The Morgan fingerprint density at radius 2 is 1.88 bits per heavy atom. The van der Waals surface area contributed by atoms with E-state index >= 15 is 0 Å². The summed E-state index contributed by atoms with van der Waals surface area (Å²) < 4.78 is 0. The predicted molar refractivity (Wildman–Crippen MR) is 67.1 cm³/mol. The lowest BCUT2D eigenvalue weighted by Crippen LogP contribution is -2.26. The Bertz CT molecular complexity index is 284. The van der Waals surface area contributed by atoms with Gasteiger partial charge in [-0.2, -0.15) is 0 Å². The number of rotatable bonds is 4. The van der Waals surface area contributed by atoms with Crippen LogP contribution in [0.3, 0.4) is 0 Å². The van der Waals surface area contributed by atoms with Crippen LogP contribution in [-0.4, -0.2) is 30.3 Å². The van der Waals surface area contributed by atoms with Gasteiger partial charge in [0.05, 0.1) is 6.54 Å². The first-order valence-electron chi connectivity index (χ1n) is 6.21. The van der Waals surface area contributed by atoms with Crippen LogP contribution in [0.4, 0.5) is 0 Å². The number of likely N-dealkylation sites (tertiary alicyclic amines) is 1. The molecule has 0 saturated carbocycles. The van der Waals surface area contributed by atoms with E-state index < -0.39 is 0 Å². The van der Waals surface area contributed by atoms with Crippen LogP contribution in [0.1, 0.15) is 46.5 Å². The van der Waals surface area contributed by atoms with E-state index in [0.717, 1.165) is 13.1 Å². The summed E-state index contributed by atoms with van der Waals surface area (Å²) in [5, 5.41) is 0. The lowest BCUT2D eigenvalue weighted by molar-refractivity contribution is -0.119. The molecule has 1 heterocycles. The van der Waals surface area contributed by atoms with Crippen LogP contribution < -0.4 is 0 Å². The number of Topliss-reactive ketones (excluding diaryl/α,β-unsaturated/α-hetero) is 1. The third-order valence-corrected chi connectivity index (χ3v) is 2.59. The second kappa shape index (κ2) is 6.06. The van der Waals surface area contributed by atoms with Gasteiger partial charge in [0.1, 0.15) is 5.78 Å². The van der Waals surface area contributed by atoms with Crippen molar-refractivity contribution in [1.82, 2.24) is 4.90 Å². The monoisotopic (exact) mass is 221 g/mol. The molecule has 1 saturated heterocycles. The fourth-order valence-corrected chi connectivity index (χ4v) is 1.80. The molecular formula is C14H23NO. The summed E-state index contributed by atoms with van der Waals surface area (Å²) in [4.78, 5) is 13.9. The molecule has 0 aliphatic carbocycles.